The van der Waals surface area contributed by atoms with Gasteiger partial charge in [0.25, 0.3) is 0 Å². The molecule has 4 nitrogen and oxygen atoms in total. The first-order chi connectivity index (χ1) is 14.1. The van der Waals surface area contributed by atoms with Crippen molar-refractivity contribution in [3.8, 4) is 5.75 Å². The van der Waals surface area contributed by atoms with E-state index in [-0.39, 0.29) is 11.6 Å². The maximum atomic E-state index is 12.2. The molecule has 0 N–H and O–H groups in total. The summed E-state index contributed by atoms with van der Waals surface area (Å²) in [4.78, 5) is 16.4. The molecule has 5 heteroatoms. The van der Waals surface area contributed by atoms with Crippen molar-refractivity contribution in [2.45, 2.75) is 13.5 Å². The molecule has 0 fully saturated rings. The largest absolute Gasteiger partial charge is 0.489 e. The predicted octanol–water partition coefficient (Wildman–Crippen LogP) is 5.57. The number of aryl methyl sites for hydroxylation is 1. The molecule has 0 bridgehead atoms. The quantitative estimate of drug-likeness (QED) is 0.413. The molecule has 1 aliphatic heterocycles. The molecule has 0 atom stereocenters. The lowest BCUT2D eigenvalue weighted by Gasteiger charge is -2.07. The number of aliphatic imine (C=N–C) groups is 1. The fraction of sp³-hybridized carbons (Fsp3) is 0.0833. The van der Waals surface area contributed by atoms with E-state index in [9.17, 15) is 4.79 Å². The summed E-state index contributed by atoms with van der Waals surface area (Å²) in [5.41, 5.74) is 3.97. The highest BCUT2D eigenvalue weighted by Crippen LogP contribution is 2.24. The van der Waals surface area contributed by atoms with E-state index in [0.717, 1.165) is 16.9 Å². The number of cyclic esters (lactones) is 1. The maximum absolute atomic E-state index is 12.2. The van der Waals surface area contributed by atoms with Gasteiger partial charge in [0.1, 0.15) is 12.4 Å². The van der Waals surface area contributed by atoms with Gasteiger partial charge in [-0.3, -0.25) is 0 Å². The molecule has 1 heterocycles. The van der Waals surface area contributed by atoms with Crippen molar-refractivity contribution in [1.29, 1.82) is 0 Å². The Balaban J connectivity index is 1.46. The van der Waals surface area contributed by atoms with Crippen LogP contribution in [0, 0.1) is 6.92 Å². The van der Waals surface area contributed by atoms with Crippen LogP contribution in [0.25, 0.3) is 6.08 Å². The van der Waals surface area contributed by atoms with Crippen molar-refractivity contribution in [2.24, 2.45) is 4.99 Å². The van der Waals surface area contributed by atoms with Gasteiger partial charge in [-0.15, -0.1) is 0 Å². The summed E-state index contributed by atoms with van der Waals surface area (Å²) in [6.45, 7) is 2.55. The highest BCUT2D eigenvalue weighted by atomic mass is 35.5. The van der Waals surface area contributed by atoms with E-state index in [1.54, 1.807) is 18.2 Å². The number of halogens is 1. The Morgan fingerprint density at radius 1 is 1.00 bits per heavy atom. The Kier molecular flexibility index (Phi) is 5.45. The number of carbonyl (C=O) groups excluding carboxylic acids is 1. The molecule has 0 saturated heterocycles. The second-order valence-electron chi connectivity index (χ2n) is 6.66. The van der Waals surface area contributed by atoms with Crippen LogP contribution in [0.3, 0.4) is 0 Å². The Hall–Kier alpha value is -3.37. The minimum absolute atomic E-state index is 0.213. The molecule has 0 aliphatic carbocycles. The van der Waals surface area contributed by atoms with Gasteiger partial charge < -0.3 is 9.47 Å². The highest BCUT2D eigenvalue weighted by Gasteiger charge is 2.25. The Morgan fingerprint density at radius 2 is 1.72 bits per heavy atom. The molecule has 0 aromatic heterocycles. The topological polar surface area (TPSA) is 47.9 Å². The Morgan fingerprint density at radius 3 is 2.45 bits per heavy atom. The molecule has 0 radical (unpaired) electrons. The summed E-state index contributed by atoms with van der Waals surface area (Å²) in [5.74, 6) is 0.464. The first-order valence-electron chi connectivity index (χ1n) is 9.14. The van der Waals surface area contributed by atoms with E-state index in [1.807, 2.05) is 36.4 Å². The summed E-state index contributed by atoms with van der Waals surface area (Å²) < 4.78 is 11.1. The number of hydrogen-bond acceptors (Lipinski definition) is 4. The van der Waals surface area contributed by atoms with Gasteiger partial charge in [0.05, 0.1) is 10.6 Å². The Labute approximate surface area is 174 Å². The molecular formula is C24H18ClNO3. The molecule has 144 valence electrons. The van der Waals surface area contributed by atoms with Crippen molar-refractivity contribution >= 4 is 29.5 Å². The van der Waals surface area contributed by atoms with Gasteiger partial charge in [0.2, 0.25) is 5.90 Å². The first kappa shape index (κ1) is 19.0. The highest BCUT2D eigenvalue weighted by molar-refractivity contribution is 6.34. The third-order valence-electron chi connectivity index (χ3n) is 4.43. The Bertz CT molecular complexity index is 1100. The molecule has 3 aromatic rings. The fourth-order valence-corrected chi connectivity index (χ4v) is 3.04. The second-order valence-corrected chi connectivity index (χ2v) is 7.07. The van der Waals surface area contributed by atoms with Crippen molar-refractivity contribution in [3.05, 3.63) is 106 Å². The first-order valence-corrected chi connectivity index (χ1v) is 9.52. The van der Waals surface area contributed by atoms with Gasteiger partial charge in [0.15, 0.2) is 5.70 Å². The van der Waals surface area contributed by atoms with Crippen LogP contribution in [0.1, 0.15) is 22.3 Å². The van der Waals surface area contributed by atoms with Crippen molar-refractivity contribution < 1.29 is 14.3 Å². The number of hydrogen-bond donors (Lipinski definition) is 0. The van der Waals surface area contributed by atoms with Crippen LogP contribution in [0.15, 0.2) is 83.5 Å². The summed E-state index contributed by atoms with van der Waals surface area (Å²) in [5, 5.41) is 0.482. The summed E-state index contributed by atoms with van der Waals surface area (Å²) >= 11 is 6.15. The second kappa shape index (κ2) is 8.33. The van der Waals surface area contributed by atoms with E-state index < -0.39 is 5.97 Å². The standard InChI is InChI=1S/C24H18ClNO3/c1-16-6-8-18(9-7-16)15-28-19-12-10-17(11-13-19)14-22-24(27)29-23(26-22)20-4-2-3-5-21(20)25/h2-14H,15H2,1H3/b22-14-. The van der Waals surface area contributed by atoms with Crippen molar-refractivity contribution in [3.63, 3.8) is 0 Å². The summed E-state index contributed by atoms with van der Waals surface area (Å²) in [7, 11) is 0. The zero-order chi connectivity index (χ0) is 20.2. The molecular weight excluding hydrogens is 386 g/mol. The zero-order valence-electron chi connectivity index (χ0n) is 15.8. The predicted molar refractivity (Wildman–Crippen MR) is 114 cm³/mol. The van der Waals surface area contributed by atoms with Crippen molar-refractivity contribution in [1.82, 2.24) is 0 Å². The minimum Gasteiger partial charge on any atom is -0.489 e. The normalized spacial score (nSPS) is 14.6. The van der Waals surface area contributed by atoms with Crippen LogP contribution < -0.4 is 4.74 Å². The van der Waals surface area contributed by atoms with Crippen LogP contribution in [0.2, 0.25) is 5.02 Å². The summed E-state index contributed by atoms with van der Waals surface area (Å²) in [6.07, 6.45) is 1.68. The van der Waals surface area contributed by atoms with E-state index >= 15 is 0 Å². The van der Waals surface area contributed by atoms with Crippen LogP contribution in [0.5, 0.6) is 5.75 Å². The molecule has 29 heavy (non-hydrogen) atoms. The fourth-order valence-electron chi connectivity index (χ4n) is 2.83. The van der Waals surface area contributed by atoms with Crippen LogP contribution >= 0.6 is 11.6 Å². The molecule has 0 saturated carbocycles. The number of ether oxygens (including phenoxy) is 2. The SMILES string of the molecule is Cc1ccc(COc2ccc(/C=C3\N=C(c4ccccc4Cl)OC3=O)cc2)cc1. The van der Waals surface area contributed by atoms with Gasteiger partial charge in [-0.1, -0.05) is 65.7 Å². The number of carbonyl (C=O) groups is 1. The number of esters is 1. The molecule has 0 unspecified atom stereocenters. The minimum atomic E-state index is -0.500. The van der Waals surface area contributed by atoms with Crippen LogP contribution in [-0.2, 0) is 16.1 Å². The monoisotopic (exact) mass is 403 g/mol. The smallest absolute Gasteiger partial charge is 0.363 e. The van der Waals surface area contributed by atoms with Gasteiger partial charge in [0, 0.05) is 0 Å². The third kappa shape index (κ3) is 4.55. The van der Waals surface area contributed by atoms with Crippen LogP contribution in [0.4, 0.5) is 0 Å². The lowest BCUT2D eigenvalue weighted by Crippen LogP contribution is -2.05. The molecule has 0 amide bonds. The molecule has 1 aliphatic rings. The van der Waals surface area contributed by atoms with Gasteiger partial charge in [-0.05, 0) is 48.4 Å². The van der Waals surface area contributed by atoms with Gasteiger partial charge in [-0.2, -0.15) is 0 Å². The average molecular weight is 404 g/mol. The third-order valence-corrected chi connectivity index (χ3v) is 4.76. The lowest BCUT2D eigenvalue weighted by atomic mass is 10.1. The van der Waals surface area contributed by atoms with Gasteiger partial charge >= 0.3 is 5.97 Å². The molecule has 0 spiro atoms. The van der Waals surface area contributed by atoms with Gasteiger partial charge in [-0.25, -0.2) is 9.79 Å². The summed E-state index contributed by atoms with van der Waals surface area (Å²) in [6, 6.07) is 22.8. The van der Waals surface area contributed by atoms with E-state index in [2.05, 4.69) is 36.2 Å². The average Bonchev–Trinajstić information content (AvgIpc) is 3.09. The zero-order valence-corrected chi connectivity index (χ0v) is 16.5. The molecule has 4 rings (SSSR count). The maximum Gasteiger partial charge on any atom is 0.363 e. The van der Waals surface area contributed by atoms with Crippen molar-refractivity contribution in [2.75, 3.05) is 0 Å². The lowest BCUT2D eigenvalue weighted by molar-refractivity contribution is -0.129. The molecule has 3 aromatic carbocycles. The van der Waals surface area contributed by atoms with E-state index in [4.69, 9.17) is 21.1 Å². The van der Waals surface area contributed by atoms with Crippen LogP contribution in [-0.4, -0.2) is 11.9 Å². The number of rotatable bonds is 5. The van der Waals surface area contributed by atoms with E-state index in [1.165, 1.54) is 5.56 Å². The van der Waals surface area contributed by atoms with E-state index in [0.29, 0.717) is 17.2 Å². The number of nitrogens with zero attached hydrogens (tertiary/aromatic N) is 1. The number of benzene rings is 3.